The summed E-state index contributed by atoms with van der Waals surface area (Å²) in [6.07, 6.45) is -0.894. The SMILES string of the molecule is Cc1ccc(S(=O)(=O)O[C@@H](C)CCC2CCC(Oc3cccc(Br)c3C(F)(F)F)CC2)cc1. The molecule has 0 bridgehead atoms. The van der Waals surface area contributed by atoms with Gasteiger partial charge in [-0.3, -0.25) is 4.18 Å². The van der Waals surface area contributed by atoms with E-state index in [0.717, 1.165) is 24.8 Å². The molecule has 1 aliphatic carbocycles. The van der Waals surface area contributed by atoms with Crippen LogP contribution in [0.25, 0.3) is 0 Å². The summed E-state index contributed by atoms with van der Waals surface area (Å²) in [6, 6.07) is 10.8. The van der Waals surface area contributed by atoms with Gasteiger partial charge in [0.05, 0.1) is 17.1 Å². The van der Waals surface area contributed by atoms with E-state index in [1.807, 2.05) is 6.92 Å². The first-order valence-electron chi connectivity index (χ1n) is 11.0. The van der Waals surface area contributed by atoms with Gasteiger partial charge in [0.25, 0.3) is 10.1 Å². The predicted molar refractivity (Wildman–Crippen MR) is 124 cm³/mol. The summed E-state index contributed by atoms with van der Waals surface area (Å²) >= 11 is 2.98. The van der Waals surface area contributed by atoms with E-state index < -0.39 is 28.0 Å². The molecule has 0 aromatic heterocycles. The Balaban J connectivity index is 1.47. The Morgan fingerprint density at radius 1 is 1.06 bits per heavy atom. The molecule has 1 atom stereocenters. The monoisotopic (exact) mass is 548 g/mol. The van der Waals surface area contributed by atoms with Gasteiger partial charge in [0.1, 0.15) is 11.3 Å². The van der Waals surface area contributed by atoms with Crippen LogP contribution in [-0.4, -0.2) is 20.6 Å². The fourth-order valence-corrected chi connectivity index (χ4v) is 5.77. The molecule has 182 valence electrons. The Morgan fingerprint density at radius 3 is 2.30 bits per heavy atom. The van der Waals surface area contributed by atoms with Crippen LogP contribution in [0, 0.1) is 12.8 Å². The molecule has 0 unspecified atom stereocenters. The lowest BCUT2D eigenvalue weighted by Gasteiger charge is -2.30. The number of rotatable bonds is 8. The zero-order valence-corrected chi connectivity index (χ0v) is 21.0. The molecule has 4 nitrogen and oxygen atoms in total. The van der Waals surface area contributed by atoms with Gasteiger partial charge in [0.2, 0.25) is 0 Å². The van der Waals surface area contributed by atoms with Crippen LogP contribution in [0.2, 0.25) is 0 Å². The molecule has 0 aliphatic heterocycles. The fourth-order valence-electron chi connectivity index (χ4n) is 4.09. The van der Waals surface area contributed by atoms with Crippen LogP contribution in [0.3, 0.4) is 0 Å². The lowest BCUT2D eigenvalue weighted by atomic mass is 9.84. The summed E-state index contributed by atoms with van der Waals surface area (Å²) < 4.78 is 76.0. The van der Waals surface area contributed by atoms with Crippen molar-refractivity contribution in [2.24, 2.45) is 5.92 Å². The first-order valence-corrected chi connectivity index (χ1v) is 13.2. The van der Waals surface area contributed by atoms with E-state index >= 15 is 0 Å². The van der Waals surface area contributed by atoms with E-state index in [-0.39, 0.29) is 21.2 Å². The van der Waals surface area contributed by atoms with Gasteiger partial charge in [0, 0.05) is 4.47 Å². The first kappa shape index (κ1) is 26.0. The Hall–Kier alpha value is -1.58. The van der Waals surface area contributed by atoms with Gasteiger partial charge >= 0.3 is 6.18 Å². The molecule has 0 amide bonds. The van der Waals surface area contributed by atoms with Gasteiger partial charge in [-0.1, -0.05) is 39.7 Å². The molecule has 0 radical (unpaired) electrons. The standard InChI is InChI=1S/C24H28BrF3O4S/c1-16-6-14-20(15-7-16)33(29,30)32-17(2)8-9-18-10-12-19(13-11-18)31-22-5-3-4-21(25)23(22)24(26,27)28/h3-7,14-15,17-19H,8-13H2,1-2H3/t17-,18?,19?/m0/s1. The van der Waals surface area contributed by atoms with E-state index in [4.69, 9.17) is 8.92 Å². The minimum absolute atomic E-state index is 0.0317. The van der Waals surface area contributed by atoms with E-state index in [0.29, 0.717) is 25.2 Å². The molecule has 0 saturated heterocycles. The summed E-state index contributed by atoms with van der Waals surface area (Å²) in [4.78, 5) is 0.142. The van der Waals surface area contributed by atoms with E-state index in [1.54, 1.807) is 19.1 Å². The van der Waals surface area contributed by atoms with Gasteiger partial charge in [-0.15, -0.1) is 0 Å². The second-order valence-corrected chi connectivity index (χ2v) is 11.0. The molecule has 1 fully saturated rings. The molecule has 2 aromatic rings. The number of hydrogen-bond acceptors (Lipinski definition) is 4. The highest BCUT2D eigenvalue weighted by atomic mass is 79.9. The summed E-state index contributed by atoms with van der Waals surface area (Å²) in [5.41, 5.74) is 0.184. The van der Waals surface area contributed by atoms with Crippen molar-refractivity contribution in [2.75, 3.05) is 0 Å². The first-order chi connectivity index (χ1) is 15.5. The van der Waals surface area contributed by atoms with Crippen molar-refractivity contribution in [2.45, 2.75) is 75.7 Å². The molecule has 1 saturated carbocycles. The lowest BCUT2D eigenvalue weighted by Crippen LogP contribution is -2.26. The van der Waals surface area contributed by atoms with Crippen LogP contribution in [-0.2, 0) is 20.5 Å². The van der Waals surface area contributed by atoms with Crippen molar-refractivity contribution in [3.8, 4) is 5.75 Å². The average Bonchev–Trinajstić information content (AvgIpc) is 2.72. The zero-order chi connectivity index (χ0) is 24.2. The number of aryl methyl sites for hydroxylation is 1. The van der Waals surface area contributed by atoms with Crippen molar-refractivity contribution in [1.29, 1.82) is 0 Å². The van der Waals surface area contributed by atoms with E-state index in [1.165, 1.54) is 30.3 Å². The third-order valence-electron chi connectivity index (χ3n) is 5.93. The molecule has 0 heterocycles. The molecular weight excluding hydrogens is 521 g/mol. The van der Waals surface area contributed by atoms with Crippen molar-refractivity contribution < 1.29 is 30.5 Å². The summed E-state index contributed by atoms with van der Waals surface area (Å²) in [5.74, 6) is 0.214. The third kappa shape index (κ3) is 7.20. The summed E-state index contributed by atoms with van der Waals surface area (Å²) in [6.45, 7) is 3.63. The average molecular weight is 549 g/mol. The van der Waals surface area contributed by atoms with Crippen molar-refractivity contribution in [3.63, 3.8) is 0 Å². The van der Waals surface area contributed by atoms with Crippen LogP contribution >= 0.6 is 15.9 Å². The normalized spacial score (nSPS) is 20.4. The zero-order valence-electron chi connectivity index (χ0n) is 18.6. The van der Waals surface area contributed by atoms with Gasteiger partial charge in [-0.05, 0) is 82.6 Å². The number of halogens is 4. The molecule has 0 N–H and O–H groups in total. The maximum Gasteiger partial charge on any atom is 0.421 e. The molecule has 0 spiro atoms. The number of ether oxygens (including phenoxy) is 1. The molecular formula is C24H28BrF3O4S. The van der Waals surface area contributed by atoms with E-state index in [2.05, 4.69) is 15.9 Å². The van der Waals surface area contributed by atoms with Crippen LogP contribution < -0.4 is 4.74 Å². The van der Waals surface area contributed by atoms with E-state index in [9.17, 15) is 21.6 Å². The largest absolute Gasteiger partial charge is 0.490 e. The quantitative estimate of drug-likeness (QED) is 0.325. The van der Waals surface area contributed by atoms with Crippen molar-refractivity contribution in [1.82, 2.24) is 0 Å². The summed E-state index contributed by atoms with van der Waals surface area (Å²) in [7, 11) is -3.81. The lowest BCUT2D eigenvalue weighted by molar-refractivity contribution is -0.140. The Morgan fingerprint density at radius 2 is 1.70 bits per heavy atom. The molecule has 2 aromatic carbocycles. The second-order valence-electron chi connectivity index (χ2n) is 8.62. The minimum Gasteiger partial charge on any atom is -0.490 e. The second kappa shape index (κ2) is 10.8. The number of hydrogen-bond donors (Lipinski definition) is 0. The summed E-state index contributed by atoms with van der Waals surface area (Å²) in [5, 5.41) is 0. The maximum absolute atomic E-state index is 13.4. The Labute approximate surface area is 201 Å². The Bertz CT molecular complexity index is 1030. The highest BCUT2D eigenvalue weighted by Crippen LogP contribution is 2.42. The van der Waals surface area contributed by atoms with Gasteiger partial charge in [-0.2, -0.15) is 21.6 Å². The molecule has 3 rings (SSSR count). The highest BCUT2D eigenvalue weighted by molar-refractivity contribution is 9.10. The maximum atomic E-state index is 13.4. The number of alkyl halides is 3. The van der Waals surface area contributed by atoms with Crippen LogP contribution in [0.15, 0.2) is 51.8 Å². The van der Waals surface area contributed by atoms with Crippen LogP contribution in [0.1, 0.15) is 56.6 Å². The molecule has 1 aliphatic rings. The molecule has 9 heteroatoms. The van der Waals surface area contributed by atoms with Gasteiger partial charge in [-0.25, -0.2) is 0 Å². The fraction of sp³-hybridized carbons (Fsp3) is 0.500. The predicted octanol–water partition coefficient (Wildman–Crippen LogP) is 7.29. The van der Waals surface area contributed by atoms with Crippen LogP contribution in [0.4, 0.5) is 13.2 Å². The topological polar surface area (TPSA) is 52.6 Å². The highest BCUT2D eigenvalue weighted by Gasteiger charge is 2.37. The van der Waals surface area contributed by atoms with Crippen molar-refractivity contribution in [3.05, 3.63) is 58.1 Å². The molecule has 33 heavy (non-hydrogen) atoms. The van der Waals surface area contributed by atoms with Crippen LogP contribution in [0.5, 0.6) is 5.75 Å². The van der Waals surface area contributed by atoms with Gasteiger partial charge in [0.15, 0.2) is 0 Å². The van der Waals surface area contributed by atoms with Gasteiger partial charge < -0.3 is 4.74 Å². The smallest absolute Gasteiger partial charge is 0.421 e. The minimum atomic E-state index is -4.50. The number of benzene rings is 2. The van der Waals surface area contributed by atoms with Crippen molar-refractivity contribution >= 4 is 26.0 Å². The Kier molecular flexibility index (Phi) is 8.50. The third-order valence-corrected chi connectivity index (χ3v) is 8.02.